The van der Waals surface area contributed by atoms with Gasteiger partial charge in [-0.1, -0.05) is 57.2 Å². The summed E-state index contributed by atoms with van der Waals surface area (Å²) in [5, 5.41) is 2.36. The molecule has 1 unspecified atom stereocenters. The molecule has 4 aliphatic heterocycles. The highest BCUT2D eigenvalue weighted by atomic mass is 16.5. The molecular weight excluding hydrogens is 676 g/mol. The van der Waals surface area contributed by atoms with Gasteiger partial charge in [-0.25, -0.2) is 4.79 Å². The average molecular weight is 729 g/mol. The van der Waals surface area contributed by atoms with Crippen LogP contribution in [-0.4, -0.2) is 105 Å². The lowest BCUT2D eigenvalue weighted by Gasteiger charge is -2.39. The summed E-state index contributed by atoms with van der Waals surface area (Å²) in [7, 11) is 1.71. The van der Waals surface area contributed by atoms with Gasteiger partial charge in [0.05, 0.1) is 36.4 Å². The van der Waals surface area contributed by atoms with Crippen LogP contribution in [0.5, 0.6) is 0 Å². The summed E-state index contributed by atoms with van der Waals surface area (Å²) in [4.78, 5) is 71.5. The van der Waals surface area contributed by atoms with E-state index in [0.29, 0.717) is 57.6 Å². The Kier molecular flexibility index (Phi) is 10.6. The van der Waals surface area contributed by atoms with E-state index < -0.39 is 18.0 Å². The van der Waals surface area contributed by atoms with E-state index in [1.54, 1.807) is 16.5 Å². The summed E-state index contributed by atoms with van der Waals surface area (Å²) >= 11 is 0. The van der Waals surface area contributed by atoms with Crippen molar-refractivity contribution in [3.63, 3.8) is 0 Å². The van der Waals surface area contributed by atoms with Crippen LogP contribution in [-0.2, 0) is 42.2 Å². The van der Waals surface area contributed by atoms with E-state index in [9.17, 15) is 24.0 Å². The van der Waals surface area contributed by atoms with Crippen molar-refractivity contribution < 1.29 is 28.7 Å². The number of carbonyl (C=O) groups is 4. The third kappa shape index (κ3) is 7.97. The number of hydrogen-bond donors (Lipinski definition) is 1. The van der Waals surface area contributed by atoms with Gasteiger partial charge in [-0.2, -0.15) is 0 Å². The molecule has 4 saturated heterocycles. The highest BCUT2D eigenvalue weighted by molar-refractivity contribution is 6.00. The lowest BCUT2D eigenvalue weighted by atomic mass is 9.91. The minimum atomic E-state index is -0.715. The van der Waals surface area contributed by atoms with E-state index in [-0.39, 0.29) is 53.6 Å². The number of imide groups is 1. The molecule has 284 valence electrons. The second-order valence-electron chi connectivity index (χ2n) is 16.3. The van der Waals surface area contributed by atoms with E-state index in [2.05, 4.69) is 10.2 Å². The van der Waals surface area contributed by atoms with Gasteiger partial charge in [0.15, 0.2) is 0 Å². The number of imidazole rings is 1. The smallest absolute Gasteiger partial charge is 0.329 e. The molecular formula is C40H52N6O7. The molecule has 4 fully saturated rings. The number of piperidine rings is 2. The number of nitrogens with zero attached hydrogens (tertiary/aromatic N) is 5. The second kappa shape index (κ2) is 15.2. The molecule has 1 aromatic heterocycles. The lowest BCUT2D eigenvalue weighted by molar-refractivity contribution is -0.155. The number of carbonyl (C=O) groups excluding carboxylic acids is 4. The van der Waals surface area contributed by atoms with Crippen molar-refractivity contribution in [3.8, 4) is 0 Å². The Morgan fingerprint density at radius 1 is 0.925 bits per heavy atom. The first-order valence-corrected chi connectivity index (χ1v) is 19.0. The van der Waals surface area contributed by atoms with Gasteiger partial charge in [0.25, 0.3) is 0 Å². The Morgan fingerprint density at radius 3 is 2.40 bits per heavy atom. The van der Waals surface area contributed by atoms with Crippen LogP contribution in [0.4, 0.5) is 0 Å². The van der Waals surface area contributed by atoms with E-state index >= 15 is 0 Å². The van der Waals surface area contributed by atoms with Gasteiger partial charge in [-0.3, -0.25) is 38.5 Å². The molecule has 13 nitrogen and oxygen atoms in total. The number of rotatable bonds is 8. The van der Waals surface area contributed by atoms with Gasteiger partial charge in [-0.15, -0.1) is 0 Å². The molecule has 5 heterocycles. The number of nitrogens with one attached hydrogen (secondary N) is 1. The molecule has 13 heteroatoms. The van der Waals surface area contributed by atoms with Crippen molar-refractivity contribution in [1.29, 1.82) is 0 Å². The molecule has 1 N–H and O–H groups in total. The average Bonchev–Trinajstić information content (AvgIpc) is 3.66. The van der Waals surface area contributed by atoms with Gasteiger partial charge < -0.3 is 19.3 Å². The Balaban J connectivity index is 1.00. The van der Waals surface area contributed by atoms with Crippen LogP contribution in [0.15, 0.2) is 53.3 Å². The summed E-state index contributed by atoms with van der Waals surface area (Å²) in [6, 6.07) is 14.5. The molecule has 0 saturated carbocycles. The largest absolute Gasteiger partial charge is 0.372 e. The fraction of sp³-hybridized carbons (Fsp3) is 0.575. The van der Waals surface area contributed by atoms with E-state index in [1.165, 1.54) is 4.57 Å². The zero-order valence-corrected chi connectivity index (χ0v) is 31.3. The molecule has 3 aromatic rings. The monoisotopic (exact) mass is 728 g/mol. The number of aromatic nitrogens is 2. The number of hydrogen-bond acceptors (Lipinski definition) is 8. The Morgan fingerprint density at radius 2 is 1.68 bits per heavy atom. The predicted octanol–water partition coefficient (Wildman–Crippen LogP) is 3.30. The maximum absolute atomic E-state index is 14.4. The van der Waals surface area contributed by atoms with Crippen molar-refractivity contribution in [2.75, 3.05) is 39.3 Å². The first kappa shape index (κ1) is 37.0. The summed E-state index contributed by atoms with van der Waals surface area (Å²) in [5.41, 5.74) is 3.02. The van der Waals surface area contributed by atoms with Gasteiger partial charge >= 0.3 is 5.69 Å². The molecule has 4 aliphatic rings. The van der Waals surface area contributed by atoms with E-state index in [0.717, 1.165) is 42.6 Å². The zero-order chi connectivity index (χ0) is 37.4. The highest BCUT2D eigenvalue weighted by Crippen LogP contribution is 2.32. The van der Waals surface area contributed by atoms with Crippen LogP contribution in [0.25, 0.3) is 11.0 Å². The minimum Gasteiger partial charge on any atom is -0.372 e. The third-order valence-electron chi connectivity index (χ3n) is 11.1. The standard InChI is InChI=1S/C40H52N6O7/c1-40(2,3)23-35(48)45-19-16-32(36(45)38(50)44-20-21-52-33(25-44)27-8-6-5-7-9-27)53-28-14-17-43(18-15-28)24-26-10-11-29-31(22-26)42(4)39(51)46(29)30-12-13-34(47)41-37(30)49/h5-11,22,28,30,32-33,36H,12-21,23-25H2,1-4H3,(H,41,47,49)/t30?,32-,33+,36+/m1/s1. The SMILES string of the molecule is Cn1c(=O)n(C2CCC(=O)NC2=O)c2ccc(CN3CCC(O[C@@H]4CCN(C(=O)CC(C)(C)C)[C@@H]4C(=O)N4CCO[C@H](c5ccccc5)C4)CC3)cc21. The predicted molar refractivity (Wildman–Crippen MR) is 198 cm³/mol. The maximum Gasteiger partial charge on any atom is 0.329 e. The van der Waals surface area contributed by atoms with Gasteiger partial charge in [0.2, 0.25) is 23.6 Å². The first-order valence-electron chi connectivity index (χ1n) is 19.0. The Bertz CT molecular complexity index is 1910. The van der Waals surface area contributed by atoms with Crippen LogP contribution in [0, 0.1) is 5.41 Å². The normalized spacial score (nSPS) is 24.9. The van der Waals surface area contributed by atoms with Crippen LogP contribution in [0.3, 0.4) is 0 Å². The summed E-state index contributed by atoms with van der Waals surface area (Å²) < 4.78 is 15.9. The molecule has 0 radical (unpaired) electrons. The fourth-order valence-electron chi connectivity index (χ4n) is 8.39. The minimum absolute atomic E-state index is 0.00782. The fourth-order valence-corrected chi connectivity index (χ4v) is 8.39. The zero-order valence-electron chi connectivity index (χ0n) is 31.3. The number of fused-ring (bicyclic) bond motifs is 1. The number of morpholine rings is 1. The van der Waals surface area contributed by atoms with Gasteiger partial charge in [-0.05, 0) is 54.4 Å². The summed E-state index contributed by atoms with van der Waals surface area (Å²) in [6.45, 7) is 10.3. The van der Waals surface area contributed by atoms with Crippen LogP contribution >= 0.6 is 0 Å². The van der Waals surface area contributed by atoms with Crippen molar-refractivity contribution in [2.24, 2.45) is 12.5 Å². The number of aryl methyl sites for hydroxylation is 1. The van der Waals surface area contributed by atoms with Crippen molar-refractivity contribution >= 4 is 34.7 Å². The first-order chi connectivity index (χ1) is 25.4. The molecule has 53 heavy (non-hydrogen) atoms. The molecule has 2 aromatic carbocycles. The number of likely N-dealkylation sites (tertiary alicyclic amines) is 2. The van der Waals surface area contributed by atoms with E-state index in [1.807, 2.05) is 74.2 Å². The molecule has 4 atom stereocenters. The van der Waals surface area contributed by atoms with Crippen molar-refractivity contribution in [3.05, 3.63) is 70.1 Å². The topological polar surface area (TPSA) is 135 Å². The molecule has 4 amide bonds. The van der Waals surface area contributed by atoms with Crippen LogP contribution in [0.2, 0.25) is 0 Å². The summed E-state index contributed by atoms with van der Waals surface area (Å²) in [5.74, 6) is -0.828. The molecule has 7 rings (SSSR count). The van der Waals surface area contributed by atoms with Gasteiger partial charge in [0, 0.05) is 52.6 Å². The van der Waals surface area contributed by atoms with Gasteiger partial charge in [0.1, 0.15) is 18.2 Å². The number of ether oxygens (including phenoxy) is 2. The Labute approximate surface area is 310 Å². The lowest BCUT2D eigenvalue weighted by Crippen LogP contribution is -2.55. The quantitative estimate of drug-likeness (QED) is 0.350. The van der Waals surface area contributed by atoms with Crippen LogP contribution < -0.4 is 11.0 Å². The van der Waals surface area contributed by atoms with E-state index in [4.69, 9.17) is 9.47 Å². The highest BCUT2D eigenvalue weighted by Gasteiger charge is 2.46. The van der Waals surface area contributed by atoms with Crippen molar-refractivity contribution in [2.45, 2.75) is 96.2 Å². The third-order valence-corrected chi connectivity index (χ3v) is 11.1. The molecule has 0 spiro atoms. The second-order valence-corrected chi connectivity index (χ2v) is 16.3. The maximum atomic E-state index is 14.4. The number of benzene rings is 2. The molecule has 0 bridgehead atoms. The van der Waals surface area contributed by atoms with Crippen LogP contribution in [0.1, 0.15) is 82.6 Å². The summed E-state index contributed by atoms with van der Waals surface area (Å²) in [6.07, 6.45) is 2.45. The molecule has 0 aliphatic carbocycles. The Hall–Kier alpha value is -4.33. The number of amides is 4. The van der Waals surface area contributed by atoms with Crippen molar-refractivity contribution in [1.82, 2.24) is 29.2 Å².